The van der Waals surface area contributed by atoms with Crippen molar-refractivity contribution < 1.29 is 9.53 Å². The Balaban J connectivity index is 1.50. The molecule has 0 aromatic heterocycles. The predicted octanol–water partition coefficient (Wildman–Crippen LogP) is 3.37. The molecule has 0 fully saturated rings. The smallest absolute Gasteiger partial charge is 0.250 e. The zero-order chi connectivity index (χ0) is 15.2. The van der Waals surface area contributed by atoms with E-state index in [0.29, 0.717) is 18.7 Å². The molecule has 0 atom stereocenters. The summed E-state index contributed by atoms with van der Waals surface area (Å²) in [6.07, 6.45) is 1.90. The van der Waals surface area contributed by atoms with E-state index >= 15 is 0 Å². The van der Waals surface area contributed by atoms with E-state index in [1.165, 1.54) is 4.90 Å². The van der Waals surface area contributed by atoms with Crippen molar-refractivity contribution in [1.29, 1.82) is 0 Å². The zero-order valence-electron chi connectivity index (χ0n) is 12.1. The molecule has 112 valence electrons. The number of thioether (sulfide) groups is 1. The monoisotopic (exact) mass is 311 g/mol. The molecule has 0 radical (unpaired) electrons. The fourth-order valence-corrected chi connectivity index (χ4v) is 3.00. The summed E-state index contributed by atoms with van der Waals surface area (Å²) < 4.78 is 5.60. The first kappa shape index (κ1) is 14.7. The number of carbonyl (C=O) groups is 1. The highest BCUT2D eigenvalue weighted by Crippen LogP contribution is 2.25. The maximum atomic E-state index is 12.2. The second-order valence-electron chi connectivity index (χ2n) is 4.91. The third kappa shape index (κ3) is 3.71. The van der Waals surface area contributed by atoms with Crippen LogP contribution in [0, 0.1) is 0 Å². The molecular formula is C18H17NO2S. The molecule has 0 bridgehead atoms. The fraction of sp³-hybridized carbons (Fsp3) is 0.167. The molecule has 1 aliphatic rings. The van der Waals surface area contributed by atoms with E-state index in [1.54, 1.807) is 11.8 Å². The van der Waals surface area contributed by atoms with Gasteiger partial charge in [-0.15, -0.1) is 11.8 Å². The van der Waals surface area contributed by atoms with Gasteiger partial charge < -0.3 is 10.1 Å². The van der Waals surface area contributed by atoms with E-state index in [9.17, 15) is 4.79 Å². The summed E-state index contributed by atoms with van der Waals surface area (Å²) in [5.41, 5.74) is 1.63. The summed E-state index contributed by atoms with van der Waals surface area (Å²) in [6, 6.07) is 17.9. The Morgan fingerprint density at radius 3 is 2.73 bits per heavy atom. The average Bonchev–Trinajstić information content (AvgIpc) is 2.59. The lowest BCUT2D eigenvalue weighted by Crippen LogP contribution is -2.30. The third-order valence-corrected chi connectivity index (χ3v) is 4.34. The lowest BCUT2D eigenvalue weighted by atomic mass is 10.1. The molecule has 1 amide bonds. The molecule has 3 rings (SSSR count). The maximum Gasteiger partial charge on any atom is 0.250 e. The molecular weight excluding hydrogens is 294 g/mol. The summed E-state index contributed by atoms with van der Waals surface area (Å²) >= 11 is 1.73. The van der Waals surface area contributed by atoms with Crippen LogP contribution in [0.4, 0.5) is 0 Å². The van der Waals surface area contributed by atoms with Gasteiger partial charge in [-0.3, -0.25) is 4.79 Å². The van der Waals surface area contributed by atoms with E-state index in [2.05, 4.69) is 17.4 Å². The third-order valence-electron chi connectivity index (χ3n) is 3.32. The number of benzene rings is 2. The largest absolute Gasteiger partial charge is 0.488 e. The fourth-order valence-electron chi connectivity index (χ4n) is 2.21. The Morgan fingerprint density at radius 2 is 1.86 bits per heavy atom. The van der Waals surface area contributed by atoms with Crippen molar-refractivity contribution in [3.05, 3.63) is 65.7 Å². The van der Waals surface area contributed by atoms with Gasteiger partial charge in [0.15, 0.2) is 0 Å². The topological polar surface area (TPSA) is 38.3 Å². The first-order chi connectivity index (χ1) is 10.8. The zero-order valence-corrected chi connectivity index (χ0v) is 12.9. The van der Waals surface area contributed by atoms with Gasteiger partial charge in [-0.05, 0) is 24.3 Å². The van der Waals surface area contributed by atoms with Crippen molar-refractivity contribution >= 4 is 23.7 Å². The van der Waals surface area contributed by atoms with Gasteiger partial charge in [-0.25, -0.2) is 0 Å². The second kappa shape index (κ2) is 7.18. The van der Waals surface area contributed by atoms with Crippen LogP contribution >= 0.6 is 11.8 Å². The van der Waals surface area contributed by atoms with Crippen LogP contribution in [-0.4, -0.2) is 24.8 Å². The van der Waals surface area contributed by atoms with E-state index in [1.807, 2.05) is 48.5 Å². The van der Waals surface area contributed by atoms with E-state index in [0.717, 1.165) is 17.1 Å². The van der Waals surface area contributed by atoms with Crippen molar-refractivity contribution in [3.8, 4) is 5.75 Å². The van der Waals surface area contributed by atoms with Gasteiger partial charge in [-0.1, -0.05) is 36.4 Å². The number of nitrogens with one attached hydrogen (secondary N) is 1. The molecule has 3 nitrogen and oxygen atoms in total. The van der Waals surface area contributed by atoms with Crippen molar-refractivity contribution in [2.75, 3.05) is 18.9 Å². The molecule has 4 heteroatoms. The van der Waals surface area contributed by atoms with Gasteiger partial charge in [0.1, 0.15) is 12.4 Å². The van der Waals surface area contributed by atoms with Crippen LogP contribution in [0.5, 0.6) is 5.75 Å². The average molecular weight is 311 g/mol. The van der Waals surface area contributed by atoms with Gasteiger partial charge in [-0.2, -0.15) is 0 Å². The maximum absolute atomic E-state index is 12.2. The van der Waals surface area contributed by atoms with Gasteiger partial charge in [0, 0.05) is 22.8 Å². The molecule has 0 spiro atoms. The van der Waals surface area contributed by atoms with Gasteiger partial charge in [0.2, 0.25) is 0 Å². The van der Waals surface area contributed by atoms with E-state index in [-0.39, 0.29) is 5.91 Å². The molecule has 1 aliphatic heterocycles. The summed E-state index contributed by atoms with van der Waals surface area (Å²) in [5, 5.41) is 2.95. The molecule has 2 aromatic rings. The first-order valence-corrected chi connectivity index (χ1v) is 8.20. The second-order valence-corrected chi connectivity index (χ2v) is 6.08. The molecule has 1 N–H and O–H groups in total. The Hall–Kier alpha value is -2.20. The predicted molar refractivity (Wildman–Crippen MR) is 90.1 cm³/mol. The number of hydrogen-bond donors (Lipinski definition) is 1. The standard InChI is InChI=1S/C18H17NO2S/c20-18(19-10-11-22-16-7-2-1-3-8-16)15-12-14-6-4-5-9-17(14)21-13-15/h1-9,12H,10-11,13H2,(H,19,20). The van der Waals surface area contributed by atoms with Gasteiger partial charge in [0.05, 0.1) is 5.57 Å². The lowest BCUT2D eigenvalue weighted by Gasteiger charge is -2.17. The van der Waals surface area contributed by atoms with Crippen molar-refractivity contribution in [1.82, 2.24) is 5.32 Å². The van der Waals surface area contributed by atoms with Gasteiger partial charge >= 0.3 is 0 Å². The number of amides is 1. The van der Waals surface area contributed by atoms with Crippen LogP contribution in [0.2, 0.25) is 0 Å². The Labute approximate surface area is 134 Å². The summed E-state index contributed by atoms with van der Waals surface area (Å²) in [6.45, 7) is 0.964. The minimum Gasteiger partial charge on any atom is -0.488 e. The van der Waals surface area contributed by atoms with E-state index in [4.69, 9.17) is 4.74 Å². The normalized spacial score (nSPS) is 12.8. The SMILES string of the molecule is O=C(NCCSc1ccccc1)C1=Cc2ccccc2OC1. The Bertz CT molecular complexity index is 682. The molecule has 2 aromatic carbocycles. The number of para-hydroxylation sites is 1. The molecule has 0 saturated heterocycles. The molecule has 0 saturated carbocycles. The van der Waals surface area contributed by atoms with Gasteiger partial charge in [0.25, 0.3) is 5.91 Å². The quantitative estimate of drug-likeness (QED) is 0.679. The highest BCUT2D eigenvalue weighted by molar-refractivity contribution is 7.99. The first-order valence-electron chi connectivity index (χ1n) is 7.21. The highest BCUT2D eigenvalue weighted by Gasteiger charge is 2.16. The van der Waals surface area contributed by atoms with Crippen LogP contribution in [0.1, 0.15) is 5.56 Å². The van der Waals surface area contributed by atoms with Crippen LogP contribution in [0.15, 0.2) is 65.1 Å². The molecule has 22 heavy (non-hydrogen) atoms. The van der Waals surface area contributed by atoms with Crippen LogP contribution in [0.3, 0.4) is 0 Å². The van der Waals surface area contributed by atoms with E-state index < -0.39 is 0 Å². The van der Waals surface area contributed by atoms with Crippen LogP contribution in [0.25, 0.3) is 6.08 Å². The van der Waals surface area contributed by atoms with Crippen LogP contribution in [-0.2, 0) is 4.79 Å². The van der Waals surface area contributed by atoms with Crippen molar-refractivity contribution in [2.24, 2.45) is 0 Å². The lowest BCUT2D eigenvalue weighted by molar-refractivity contribution is -0.117. The number of hydrogen-bond acceptors (Lipinski definition) is 3. The number of rotatable bonds is 5. The minimum atomic E-state index is -0.0526. The number of fused-ring (bicyclic) bond motifs is 1. The summed E-state index contributed by atoms with van der Waals surface area (Å²) in [7, 11) is 0. The van der Waals surface area contributed by atoms with Crippen LogP contribution < -0.4 is 10.1 Å². The minimum absolute atomic E-state index is 0.0526. The molecule has 1 heterocycles. The molecule has 0 unspecified atom stereocenters. The highest BCUT2D eigenvalue weighted by atomic mass is 32.2. The molecule has 0 aliphatic carbocycles. The Morgan fingerprint density at radius 1 is 1.09 bits per heavy atom. The summed E-state index contributed by atoms with van der Waals surface area (Å²) in [4.78, 5) is 13.4. The number of carbonyl (C=O) groups excluding carboxylic acids is 1. The number of ether oxygens (including phenoxy) is 1. The van der Waals surface area contributed by atoms with Crippen molar-refractivity contribution in [2.45, 2.75) is 4.90 Å². The van der Waals surface area contributed by atoms with Crippen molar-refractivity contribution in [3.63, 3.8) is 0 Å². The summed E-state index contributed by atoms with van der Waals surface area (Å²) in [5.74, 6) is 1.63. The Kier molecular flexibility index (Phi) is 4.81.